The van der Waals surface area contributed by atoms with E-state index in [2.05, 4.69) is 69.5 Å². The molecule has 0 aliphatic heterocycles. The minimum Gasteiger partial charge on any atom is -0.340 e. The van der Waals surface area contributed by atoms with E-state index in [-0.39, 0.29) is 12.2 Å². The molecule has 2 aromatic carbocycles. The molecule has 2 fully saturated rings. The number of nitrogens with one attached hydrogen (secondary N) is 1. The van der Waals surface area contributed by atoms with Crippen molar-refractivity contribution in [1.82, 2.24) is 35.4 Å². The molecule has 0 amide bonds. The van der Waals surface area contributed by atoms with Gasteiger partial charge in [-0.15, -0.1) is 5.10 Å². The first-order valence-electron chi connectivity index (χ1n) is 17.4. The highest BCUT2D eigenvalue weighted by atomic mass is 16.7. The van der Waals surface area contributed by atoms with Gasteiger partial charge >= 0.3 is 0 Å². The molecule has 0 saturated heterocycles. The van der Waals surface area contributed by atoms with Gasteiger partial charge in [0.05, 0.1) is 12.2 Å². The highest BCUT2D eigenvalue weighted by Crippen LogP contribution is 2.39. The van der Waals surface area contributed by atoms with Gasteiger partial charge in [0.25, 0.3) is 0 Å². The smallest absolute Gasteiger partial charge is 0.232 e. The monoisotopic (exact) mass is 611 g/mol. The van der Waals surface area contributed by atoms with E-state index in [1.54, 1.807) is 0 Å². The molecule has 6 rings (SSSR count). The van der Waals surface area contributed by atoms with Gasteiger partial charge in [0.1, 0.15) is 5.82 Å². The van der Waals surface area contributed by atoms with Gasteiger partial charge in [-0.2, -0.15) is 5.10 Å². The number of tetrazole rings is 1. The van der Waals surface area contributed by atoms with Gasteiger partial charge in [0.2, 0.25) is 11.6 Å². The minimum atomic E-state index is -0.895. The molecule has 1 N–H and O–H groups in total. The van der Waals surface area contributed by atoms with E-state index < -0.39 is 5.79 Å². The molecule has 0 atom stereocenters. The molecule has 9 nitrogen and oxygen atoms in total. The molecule has 240 valence electrons. The summed E-state index contributed by atoms with van der Waals surface area (Å²) < 4.78 is 16.2. The lowest BCUT2D eigenvalue weighted by Crippen LogP contribution is -2.42. The highest BCUT2D eigenvalue weighted by Gasteiger charge is 2.43. The number of aromatic amines is 1. The number of H-pyrrole nitrogens is 1. The predicted molar refractivity (Wildman–Crippen MR) is 175 cm³/mol. The molecule has 2 heterocycles. The summed E-state index contributed by atoms with van der Waals surface area (Å²) >= 11 is 0. The highest BCUT2D eigenvalue weighted by molar-refractivity contribution is 5.80. The molecule has 0 unspecified atom stereocenters. The second kappa shape index (κ2) is 15.2. The Morgan fingerprint density at radius 1 is 0.822 bits per heavy atom. The van der Waals surface area contributed by atoms with Crippen LogP contribution in [0.15, 0.2) is 48.5 Å². The van der Waals surface area contributed by atoms with Crippen LogP contribution in [0.25, 0.3) is 22.5 Å². The van der Waals surface area contributed by atoms with E-state index in [1.165, 1.54) is 44.1 Å². The average Bonchev–Trinajstić information content (AvgIpc) is 3.76. The molecule has 2 aliphatic carbocycles. The fourth-order valence-corrected chi connectivity index (χ4v) is 6.95. The third kappa shape index (κ3) is 7.69. The van der Waals surface area contributed by atoms with E-state index in [9.17, 15) is 0 Å². The molecule has 9 heteroatoms. The van der Waals surface area contributed by atoms with Crippen LogP contribution < -0.4 is 0 Å². The molecule has 2 saturated carbocycles. The summed E-state index contributed by atoms with van der Waals surface area (Å²) in [5.74, 6) is 1.46. The van der Waals surface area contributed by atoms with Crippen LogP contribution in [0.5, 0.6) is 0 Å². The first-order chi connectivity index (χ1) is 22.2. The number of aryl methyl sites for hydroxylation is 1. The van der Waals surface area contributed by atoms with E-state index in [4.69, 9.17) is 19.6 Å². The number of hydrogen-bond acceptors (Lipinski definition) is 7. The van der Waals surface area contributed by atoms with Crippen LogP contribution in [0.2, 0.25) is 0 Å². The fraction of sp³-hybridized carbons (Fsp3) is 0.583. The molecule has 45 heavy (non-hydrogen) atoms. The van der Waals surface area contributed by atoms with Crippen LogP contribution in [-0.4, -0.2) is 47.6 Å². The lowest BCUT2D eigenvalue weighted by molar-refractivity contribution is -0.302. The van der Waals surface area contributed by atoms with Crippen molar-refractivity contribution >= 4 is 0 Å². The maximum atomic E-state index is 7.06. The van der Waals surface area contributed by atoms with Crippen molar-refractivity contribution in [2.75, 3.05) is 0 Å². The van der Waals surface area contributed by atoms with Crippen LogP contribution in [0.4, 0.5) is 0 Å². The Morgan fingerprint density at radius 3 is 2.09 bits per heavy atom. The third-order valence-electron chi connectivity index (χ3n) is 9.36. The van der Waals surface area contributed by atoms with Gasteiger partial charge < -0.3 is 9.47 Å². The summed E-state index contributed by atoms with van der Waals surface area (Å²) in [6, 6.07) is 16.9. The molecular formula is C36H49N7O2. The van der Waals surface area contributed by atoms with Crippen molar-refractivity contribution in [1.29, 1.82) is 0 Å². The average molecular weight is 612 g/mol. The van der Waals surface area contributed by atoms with Crippen molar-refractivity contribution < 1.29 is 9.47 Å². The number of rotatable bonds is 14. The van der Waals surface area contributed by atoms with Crippen LogP contribution in [0.3, 0.4) is 0 Å². The zero-order chi connectivity index (χ0) is 30.9. The summed E-state index contributed by atoms with van der Waals surface area (Å²) in [6.07, 6.45) is 16.8. The summed E-state index contributed by atoms with van der Waals surface area (Å²) in [7, 11) is 0. The lowest BCUT2D eigenvalue weighted by Gasteiger charge is -2.39. The quantitative estimate of drug-likeness (QED) is 0.143. The maximum absolute atomic E-state index is 7.06. The second-order valence-electron chi connectivity index (χ2n) is 12.9. The van der Waals surface area contributed by atoms with Crippen LogP contribution in [0, 0.1) is 0 Å². The molecule has 2 aliphatic rings. The van der Waals surface area contributed by atoms with Crippen LogP contribution in [0.1, 0.15) is 121 Å². The topological polar surface area (TPSA) is 104 Å². The van der Waals surface area contributed by atoms with Gasteiger partial charge in [-0.1, -0.05) is 114 Å². The zero-order valence-corrected chi connectivity index (χ0v) is 27.1. The van der Waals surface area contributed by atoms with Crippen LogP contribution in [-0.2, 0) is 28.2 Å². The van der Waals surface area contributed by atoms with Crippen LogP contribution >= 0.6 is 0 Å². The summed E-state index contributed by atoms with van der Waals surface area (Å²) in [4.78, 5) is 5.28. The minimum absolute atomic E-state index is 0.197. The number of unbranched alkanes of at least 4 members (excludes halogenated alkanes) is 1. The molecule has 0 radical (unpaired) electrons. The molecule has 4 aromatic rings. The Morgan fingerprint density at radius 2 is 1.49 bits per heavy atom. The fourth-order valence-electron chi connectivity index (χ4n) is 6.95. The van der Waals surface area contributed by atoms with Crippen molar-refractivity contribution in [2.24, 2.45) is 0 Å². The van der Waals surface area contributed by atoms with E-state index in [1.807, 2.05) is 18.2 Å². The first kappa shape index (κ1) is 31.5. The Bertz CT molecular complexity index is 1440. The van der Waals surface area contributed by atoms with Crippen molar-refractivity contribution in [3.8, 4) is 22.5 Å². The third-order valence-corrected chi connectivity index (χ3v) is 9.36. The lowest BCUT2D eigenvalue weighted by atomic mass is 9.96. The predicted octanol–water partition coefficient (Wildman–Crippen LogP) is 8.17. The summed E-state index contributed by atoms with van der Waals surface area (Å²) in [5, 5.41) is 19.8. The first-order valence-corrected chi connectivity index (χ1v) is 17.4. The molecule has 0 bridgehead atoms. The molecule has 0 spiro atoms. The van der Waals surface area contributed by atoms with Gasteiger partial charge in [-0.3, -0.25) is 0 Å². The zero-order valence-electron chi connectivity index (χ0n) is 27.1. The van der Waals surface area contributed by atoms with Gasteiger partial charge in [-0.05, 0) is 59.2 Å². The number of nitrogens with zero attached hydrogens (tertiary/aromatic N) is 6. The number of benzene rings is 2. The van der Waals surface area contributed by atoms with Crippen molar-refractivity contribution in [3.63, 3.8) is 0 Å². The van der Waals surface area contributed by atoms with E-state index in [0.717, 1.165) is 86.3 Å². The Hall–Kier alpha value is -3.43. The molecule has 2 aromatic heterocycles. The standard InChI is InChI=1S/C36H49N7O2/c1-3-5-25-43-33(26-27-20-22-28(23-21-27)31-18-12-13-19-32(31)34-38-41-42-39-34)37-35(40-43)36(24-4-2,44-29-14-8-6-9-15-29)45-30-16-10-7-11-17-30/h12-13,18-23,29-30H,3-11,14-17,24-26H2,1-2H3,(H,38,39,41,42). The number of ether oxygens (including phenoxy) is 2. The number of hydrogen-bond donors (Lipinski definition) is 1. The largest absolute Gasteiger partial charge is 0.340 e. The second-order valence-corrected chi connectivity index (χ2v) is 12.9. The molecular weight excluding hydrogens is 562 g/mol. The van der Waals surface area contributed by atoms with Gasteiger partial charge in [0.15, 0.2) is 5.82 Å². The Labute approximate surface area is 267 Å². The van der Waals surface area contributed by atoms with Gasteiger partial charge in [0, 0.05) is 24.9 Å². The Kier molecular flexibility index (Phi) is 10.7. The Balaban J connectivity index is 1.30. The summed E-state index contributed by atoms with van der Waals surface area (Å²) in [6.45, 7) is 5.28. The summed E-state index contributed by atoms with van der Waals surface area (Å²) in [5.41, 5.74) is 4.36. The number of aromatic nitrogens is 7. The van der Waals surface area contributed by atoms with E-state index >= 15 is 0 Å². The maximum Gasteiger partial charge on any atom is 0.232 e. The van der Waals surface area contributed by atoms with Gasteiger partial charge in [-0.25, -0.2) is 14.8 Å². The SMILES string of the molecule is CCCCn1nc(C(CCC)(OC2CCCCC2)OC2CCCCC2)nc1Cc1ccc(-c2ccccc2-c2nnn[nH]2)cc1. The van der Waals surface area contributed by atoms with E-state index in [0.29, 0.717) is 12.2 Å². The normalized spacial score (nSPS) is 16.8. The van der Waals surface area contributed by atoms with Crippen molar-refractivity contribution in [3.05, 3.63) is 65.7 Å². The van der Waals surface area contributed by atoms with Crippen molar-refractivity contribution in [2.45, 2.75) is 135 Å².